The van der Waals surface area contributed by atoms with E-state index in [0.29, 0.717) is 123 Å². The van der Waals surface area contributed by atoms with Crippen molar-refractivity contribution in [1.29, 1.82) is 0 Å². The zero-order valence-corrected chi connectivity index (χ0v) is 81.0. The average Bonchev–Trinajstić information content (AvgIpc) is 0.852. The van der Waals surface area contributed by atoms with Crippen molar-refractivity contribution < 1.29 is 67.1 Å². The highest BCUT2D eigenvalue weighted by molar-refractivity contribution is 6.01. The maximum absolute atomic E-state index is 15.5. The molecule has 0 saturated carbocycles. The van der Waals surface area contributed by atoms with Gasteiger partial charge in [-0.15, -0.1) is 0 Å². The van der Waals surface area contributed by atoms with Crippen LogP contribution in [0.1, 0.15) is 174 Å². The van der Waals surface area contributed by atoms with Crippen molar-refractivity contribution in [1.82, 2.24) is 69.1 Å². The number of hydrogen-bond acceptors (Lipinski definition) is 22. The summed E-state index contributed by atoms with van der Waals surface area (Å²) in [6, 6.07) is 43.0. The lowest BCUT2D eigenvalue weighted by Crippen LogP contribution is -2.61. The van der Waals surface area contributed by atoms with Gasteiger partial charge in [-0.05, 0) is 213 Å². The van der Waals surface area contributed by atoms with Gasteiger partial charge in [-0.1, -0.05) is 219 Å². The molecule has 0 saturated heterocycles. The molecule has 0 fully saturated rings. The molecule has 0 aliphatic rings. The molecule has 0 heterocycles. The van der Waals surface area contributed by atoms with Crippen LogP contribution >= 0.6 is 0 Å². The number of carbonyl (C=O) groups is 14. The molecule has 31 N–H and O–H groups in total. The lowest BCUT2D eigenvalue weighted by molar-refractivity contribution is -0.136. The molecule has 14 atom stereocenters. The van der Waals surface area contributed by atoms with Crippen molar-refractivity contribution in [3.05, 3.63) is 251 Å². The summed E-state index contributed by atoms with van der Waals surface area (Å²) >= 11 is 0. The fraction of sp³-hybridized carbons (Fsp3) is 0.467. The van der Waals surface area contributed by atoms with Gasteiger partial charge in [-0.3, -0.25) is 67.1 Å². The van der Waals surface area contributed by atoms with Gasteiger partial charge in [0.05, 0.1) is 6.04 Å². The molecule has 0 aliphatic carbocycles. The normalized spacial score (nSPS) is 14.1. The first-order valence-corrected chi connectivity index (χ1v) is 49.4. The quantitative estimate of drug-likeness (QED) is 0.0241. The predicted octanol–water partition coefficient (Wildman–Crippen LogP) is 1.70. The van der Waals surface area contributed by atoms with Crippen molar-refractivity contribution in [3.8, 4) is 0 Å². The second-order valence-electron chi connectivity index (χ2n) is 35.6. The van der Waals surface area contributed by atoms with Crippen LogP contribution in [0.5, 0.6) is 0 Å². The summed E-state index contributed by atoms with van der Waals surface area (Å²) in [6.45, 7) is 1.77. The summed E-state index contributed by atoms with van der Waals surface area (Å²) in [4.78, 5) is 208. The summed E-state index contributed by atoms with van der Waals surface area (Å²) in [7, 11) is 0. The average molecular weight is 1940 g/mol. The van der Waals surface area contributed by atoms with Crippen LogP contribution in [0, 0.1) is 0 Å². The van der Waals surface area contributed by atoms with Crippen LogP contribution < -0.4 is 121 Å². The lowest BCUT2D eigenvalue weighted by Gasteiger charge is -2.29. The topological polar surface area (TPSA) is 630 Å². The van der Waals surface area contributed by atoms with Gasteiger partial charge < -0.3 is 121 Å². The van der Waals surface area contributed by atoms with Gasteiger partial charge in [0.1, 0.15) is 78.5 Å². The molecular formula is C105H150N22O14. The maximum atomic E-state index is 15.5. The molecule has 141 heavy (non-hydrogen) atoms. The molecule has 7 aromatic rings. The third kappa shape index (κ3) is 43.2. The van der Waals surface area contributed by atoms with Gasteiger partial charge in [-0.25, -0.2) is 0 Å². The van der Waals surface area contributed by atoms with Crippen LogP contribution in [-0.4, -0.2) is 213 Å². The molecule has 14 amide bonds. The molecule has 0 bridgehead atoms. The van der Waals surface area contributed by atoms with E-state index < -0.39 is 167 Å². The van der Waals surface area contributed by atoms with Crippen LogP contribution in [0.25, 0.3) is 0 Å². The van der Waals surface area contributed by atoms with Gasteiger partial charge in [0.25, 0.3) is 0 Å². The highest BCUT2D eigenvalue weighted by Gasteiger charge is 2.39. The first-order valence-electron chi connectivity index (χ1n) is 49.4. The molecule has 0 spiro atoms. The van der Waals surface area contributed by atoms with Crippen LogP contribution in [-0.2, 0) is 112 Å². The Balaban J connectivity index is 1.16. The third-order valence-corrected chi connectivity index (χ3v) is 24.2. The molecule has 0 aliphatic heterocycles. The third-order valence-electron chi connectivity index (χ3n) is 24.2. The predicted molar refractivity (Wildman–Crippen MR) is 544 cm³/mol. The summed E-state index contributed by atoms with van der Waals surface area (Å²) in [5.74, 6) is -10.9. The minimum Gasteiger partial charge on any atom is -0.368 e. The van der Waals surface area contributed by atoms with Gasteiger partial charge in [0, 0.05) is 44.9 Å². The minimum absolute atomic E-state index is 0.00280. The monoisotopic (exact) mass is 1940 g/mol. The molecule has 0 unspecified atom stereocenters. The van der Waals surface area contributed by atoms with E-state index in [1.54, 1.807) is 206 Å². The Morgan fingerprint density at radius 1 is 0.170 bits per heavy atom. The fourth-order valence-corrected chi connectivity index (χ4v) is 16.2. The minimum atomic E-state index is -1.48. The highest BCUT2D eigenvalue weighted by atomic mass is 16.2. The Morgan fingerprint density at radius 2 is 0.298 bits per heavy atom. The lowest BCUT2D eigenvalue weighted by atomic mass is 10.00. The summed E-state index contributed by atoms with van der Waals surface area (Å²) in [5, 5.41) is 37.1. The second-order valence-corrected chi connectivity index (χ2v) is 35.6. The van der Waals surface area contributed by atoms with Gasteiger partial charge in [0.2, 0.25) is 82.7 Å². The van der Waals surface area contributed by atoms with E-state index in [1.807, 2.05) is 6.07 Å². The first kappa shape index (κ1) is 115. The SMILES string of the molecule is NCCCC[C@H](NC(=O)[C@H](Cc1ccccc1)NC(=O)[C@H](CCCCN)NC(=O)[C@H](Cc1ccccc1)NC(=O)[C@H](CCCCN)NC(=O)[C@H](Cc1ccccc1)NC(=O)[C@H](CCCCN)NC(=O)[C@H](Cc1ccccc1)NC(=O)[C@H](CCCCN)NC(=O)[C@H](Cc1ccccc1)NC(=O)[C@H](CCCCN)NC(=O)[C@H](Cc1ccccc1)NC(=O)[C@@H](N)CCCCN)C(=O)N[C@@H](Cc1ccccc1)C(N)=O. The number of carbonyl (C=O) groups excluding carboxylic acids is 14. The summed E-state index contributed by atoms with van der Waals surface area (Å²) < 4.78 is 0. The van der Waals surface area contributed by atoms with E-state index in [-0.39, 0.29) is 136 Å². The first-order chi connectivity index (χ1) is 68.3. The maximum Gasteiger partial charge on any atom is 0.243 e. The zero-order valence-electron chi connectivity index (χ0n) is 81.0. The van der Waals surface area contributed by atoms with Crippen molar-refractivity contribution in [2.75, 3.05) is 45.8 Å². The van der Waals surface area contributed by atoms with E-state index in [4.69, 9.17) is 51.6 Å². The number of rotatable bonds is 69. The number of nitrogens with one attached hydrogen (secondary N) is 13. The Morgan fingerprint density at radius 3 is 0.454 bits per heavy atom. The molecule has 0 aromatic heterocycles. The number of unbranched alkanes of at least 4 members (excludes halogenated alkanes) is 7. The van der Waals surface area contributed by atoms with Gasteiger partial charge in [-0.2, -0.15) is 0 Å². The number of amides is 14. The summed E-state index contributed by atoms with van der Waals surface area (Å²) in [5.41, 5.74) is 58.3. The Hall–Kier alpha value is -13.2. The largest absolute Gasteiger partial charge is 0.368 e. The van der Waals surface area contributed by atoms with E-state index >= 15 is 38.4 Å². The van der Waals surface area contributed by atoms with E-state index in [1.165, 1.54) is 0 Å². The van der Waals surface area contributed by atoms with E-state index in [0.717, 1.165) is 5.56 Å². The van der Waals surface area contributed by atoms with Gasteiger partial charge >= 0.3 is 0 Å². The number of hydrogen-bond donors (Lipinski definition) is 22. The fourth-order valence-electron chi connectivity index (χ4n) is 16.2. The summed E-state index contributed by atoms with van der Waals surface area (Å²) in [6.07, 6.45) is 5.50. The second kappa shape index (κ2) is 65.7. The van der Waals surface area contributed by atoms with Crippen molar-refractivity contribution in [2.24, 2.45) is 51.6 Å². The van der Waals surface area contributed by atoms with E-state index in [9.17, 15) is 28.8 Å². The molecule has 0 radical (unpaired) electrons. The van der Waals surface area contributed by atoms with Crippen LogP contribution in [0.4, 0.5) is 0 Å². The number of primary amides is 1. The molecule has 36 heteroatoms. The van der Waals surface area contributed by atoms with Gasteiger partial charge in [0.15, 0.2) is 0 Å². The van der Waals surface area contributed by atoms with Crippen molar-refractivity contribution in [3.63, 3.8) is 0 Å². The number of nitrogens with two attached hydrogens (primary N) is 9. The molecule has 764 valence electrons. The molecule has 7 aromatic carbocycles. The molecule has 7 rings (SSSR count). The van der Waals surface area contributed by atoms with Crippen LogP contribution in [0.2, 0.25) is 0 Å². The standard InChI is InChI=1S/C105H150N22O14/c106-57-29-22-50-78(113)93(129)122-86(65-72-38-10-2-11-39-72)100(136)116-80(52-24-31-59-108)95(131)124-88(67-74-42-14-4-15-43-74)102(138)118-82(54-26-33-61-110)97(133)126-90(69-76-46-18-6-19-47-76)104(140)120-84(56-28-35-63-112)99(135)127-91(70-77-48-20-7-21-49-77)105(141)119-83(55-27-34-62-111)98(134)125-89(68-75-44-16-5-17-45-75)103(139)117-81(53-25-32-60-109)96(132)123-87(66-73-40-12-3-13-41-73)101(137)115-79(51-23-30-58-107)94(130)121-85(92(114)128)64-71-36-8-1-9-37-71/h1-21,36-49,78-91H,22-35,50-70,106-113H2,(H2,114,128)(H,115,137)(H,116,136)(H,117,139)(H,118,138)(H,119,141)(H,120,140)(H,121,130)(H,122,129)(H,123,132)(H,124,131)(H,125,134)(H,126,133)(H,127,135)/t78-,79-,80-,81-,82-,83-,84-,85-,86-,87-,88-,89-,90-,91-/m0/s1. The van der Waals surface area contributed by atoms with Crippen molar-refractivity contribution >= 4 is 82.7 Å². The molecule has 36 nitrogen and oxygen atoms in total. The van der Waals surface area contributed by atoms with Crippen LogP contribution in [0.3, 0.4) is 0 Å². The Kier molecular flexibility index (Phi) is 53.5. The Labute approximate surface area is 827 Å². The zero-order chi connectivity index (χ0) is 102. The smallest absolute Gasteiger partial charge is 0.243 e. The van der Waals surface area contributed by atoms with Crippen LogP contribution in [0.15, 0.2) is 212 Å². The molecular weight excluding hydrogens is 1790 g/mol. The number of benzene rings is 7. The van der Waals surface area contributed by atoms with E-state index in [2.05, 4.69) is 69.1 Å². The Bertz CT molecular complexity index is 4860. The highest BCUT2D eigenvalue weighted by Crippen LogP contribution is 2.19. The van der Waals surface area contributed by atoms with Crippen molar-refractivity contribution in [2.45, 2.75) is 264 Å².